The topological polar surface area (TPSA) is 51.6 Å². The van der Waals surface area contributed by atoms with Crippen LogP contribution in [0.5, 0.6) is 0 Å². The van der Waals surface area contributed by atoms with Gasteiger partial charge in [0.15, 0.2) is 0 Å². The van der Waals surface area contributed by atoms with Crippen LogP contribution >= 0.6 is 0 Å². The second-order valence-corrected chi connectivity index (χ2v) is 7.95. The van der Waals surface area contributed by atoms with Gasteiger partial charge in [0.25, 0.3) is 0 Å². The first-order valence-electron chi connectivity index (χ1n) is 10.7. The van der Waals surface area contributed by atoms with E-state index in [1.54, 1.807) is 0 Å². The van der Waals surface area contributed by atoms with Gasteiger partial charge in [-0.2, -0.15) is 0 Å². The van der Waals surface area contributed by atoms with Crippen LogP contribution in [0.15, 0.2) is 73.6 Å². The van der Waals surface area contributed by atoms with Gasteiger partial charge in [0, 0.05) is 48.6 Å². The summed E-state index contributed by atoms with van der Waals surface area (Å²) in [7, 11) is 0. The van der Waals surface area contributed by atoms with Crippen LogP contribution in [0.25, 0.3) is 0 Å². The Kier molecular flexibility index (Phi) is 14.6. The summed E-state index contributed by atoms with van der Waals surface area (Å²) in [5.74, 6) is 0. The summed E-state index contributed by atoms with van der Waals surface area (Å²) in [6, 6.07) is 12.2. The molecule has 4 heterocycles. The third-order valence-electron chi connectivity index (χ3n) is 4.42. The van der Waals surface area contributed by atoms with Gasteiger partial charge in [-0.25, -0.2) is 0 Å². The van der Waals surface area contributed by atoms with Gasteiger partial charge in [-0.15, -0.1) is 0 Å². The molecule has 0 unspecified atom stereocenters. The van der Waals surface area contributed by atoms with Gasteiger partial charge in [-0.1, -0.05) is 19.6 Å². The van der Waals surface area contributed by atoms with Crippen LogP contribution in [-0.4, -0.2) is 19.9 Å². The highest BCUT2D eigenvalue weighted by molar-refractivity contribution is 5.19. The Morgan fingerprint density at radius 2 is 1.12 bits per heavy atom. The molecule has 4 aromatic heterocycles. The standard InChI is InChI=1S/4C7H9N.CH4/c1-6-3-7(2)5-8-4-6;1-6-3-4-8-5-7(6)2;1-6-3-4-8-7(2)5-6;1-6-3-4-7(2)8-5-6;/h4*3-5H,1-2H3;1H4. The van der Waals surface area contributed by atoms with Crippen molar-refractivity contribution in [1.82, 2.24) is 19.9 Å². The Morgan fingerprint density at radius 3 is 1.45 bits per heavy atom. The van der Waals surface area contributed by atoms with Crippen molar-refractivity contribution < 1.29 is 0 Å². The first kappa shape index (κ1) is 29.6. The molecule has 4 rings (SSSR count). The fraction of sp³-hybridized carbons (Fsp3) is 0.310. The molecule has 0 amide bonds. The molecule has 0 aliphatic carbocycles. The molecule has 0 atom stereocenters. The van der Waals surface area contributed by atoms with Gasteiger partial charge in [0.05, 0.1) is 0 Å². The SMILES string of the molecule is C.Cc1ccc(C)nc1.Cc1ccnc(C)c1.Cc1ccncc1C.Cc1cncc(C)c1. The van der Waals surface area contributed by atoms with Crippen LogP contribution in [0.2, 0.25) is 0 Å². The van der Waals surface area contributed by atoms with Crippen molar-refractivity contribution >= 4 is 0 Å². The first-order chi connectivity index (χ1) is 15.2. The molecule has 0 fully saturated rings. The van der Waals surface area contributed by atoms with Gasteiger partial charge in [0.2, 0.25) is 0 Å². The summed E-state index contributed by atoms with van der Waals surface area (Å²) >= 11 is 0. The molecule has 0 bridgehead atoms. The summed E-state index contributed by atoms with van der Waals surface area (Å²) in [5.41, 5.74) is 9.68. The number of hydrogen-bond donors (Lipinski definition) is 0. The van der Waals surface area contributed by atoms with E-state index in [0.717, 1.165) is 11.4 Å². The van der Waals surface area contributed by atoms with Crippen molar-refractivity contribution in [2.75, 3.05) is 0 Å². The molecule has 0 aromatic carbocycles. The lowest BCUT2D eigenvalue weighted by atomic mass is 10.2. The molecule has 4 aromatic rings. The van der Waals surface area contributed by atoms with Crippen LogP contribution in [-0.2, 0) is 0 Å². The van der Waals surface area contributed by atoms with Crippen molar-refractivity contribution in [3.63, 3.8) is 0 Å². The van der Waals surface area contributed by atoms with Crippen LogP contribution in [0.4, 0.5) is 0 Å². The van der Waals surface area contributed by atoms with Crippen LogP contribution < -0.4 is 0 Å². The van der Waals surface area contributed by atoms with Gasteiger partial charge in [0.1, 0.15) is 0 Å². The number of rotatable bonds is 0. The Bertz CT molecular complexity index is 937. The van der Waals surface area contributed by atoms with E-state index in [-0.39, 0.29) is 7.43 Å². The zero-order chi connectivity index (χ0) is 23.9. The highest BCUT2D eigenvalue weighted by Crippen LogP contribution is 2.00. The van der Waals surface area contributed by atoms with Crippen LogP contribution in [0.3, 0.4) is 0 Å². The Balaban J connectivity index is 0.000000410. The summed E-state index contributed by atoms with van der Waals surface area (Å²) in [4.78, 5) is 16.0. The summed E-state index contributed by atoms with van der Waals surface area (Å²) < 4.78 is 0. The van der Waals surface area contributed by atoms with Crippen LogP contribution in [0, 0.1) is 55.4 Å². The van der Waals surface area contributed by atoms with Crippen molar-refractivity contribution in [2.24, 2.45) is 0 Å². The number of pyridine rings is 4. The van der Waals surface area contributed by atoms with E-state index in [1.165, 1.54) is 33.4 Å². The smallest absolute Gasteiger partial charge is 0.0375 e. The number of aryl methyl sites for hydroxylation is 8. The molecular formula is C29H40N4. The monoisotopic (exact) mass is 444 g/mol. The Morgan fingerprint density at radius 1 is 0.455 bits per heavy atom. The van der Waals surface area contributed by atoms with E-state index >= 15 is 0 Å². The molecule has 4 heteroatoms. The number of aromatic nitrogens is 4. The average molecular weight is 445 g/mol. The van der Waals surface area contributed by atoms with Crippen molar-refractivity contribution in [3.8, 4) is 0 Å². The zero-order valence-electron chi connectivity index (χ0n) is 20.7. The molecule has 33 heavy (non-hydrogen) atoms. The van der Waals surface area contributed by atoms with E-state index in [1.807, 2.05) is 90.0 Å². The Labute approximate surface area is 201 Å². The average Bonchev–Trinajstić information content (AvgIpc) is 2.73. The fourth-order valence-corrected chi connectivity index (χ4v) is 2.48. The van der Waals surface area contributed by atoms with E-state index in [2.05, 4.69) is 58.9 Å². The summed E-state index contributed by atoms with van der Waals surface area (Å²) in [5, 5.41) is 0. The third-order valence-corrected chi connectivity index (χ3v) is 4.42. The summed E-state index contributed by atoms with van der Waals surface area (Å²) in [6.07, 6.45) is 11.1. The lowest BCUT2D eigenvalue weighted by Crippen LogP contribution is -1.78. The van der Waals surface area contributed by atoms with Crippen molar-refractivity contribution in [3.05, 3.63) is 118 Å². The van der Waals surface area contributed by atoms with Crippen LogP contribution in [0.1, 0.15) is 52.2 Å². The Hall–Kier alpha value is -3.40. The molecule has 4 nitrogen and oxygen atoms in total. The second kappa shape index (κ2) is 16.3. The molecular weight excluding hydrogens is 404 g/mol. The summed E-state index contributed by atoms with van der Waals surface area (Å²) in [6.45, 7) is 16.3. The minimum atomic E-state index is 0. The molecule has 0 aliphatic heterocycles. The maximum atomic E-state index is 4.08. The maximum absolute atomic E-state index is 4.08. The number of nitrogens with zero attached hydrogens (tertiary/aromatic N) is 4. The predicted octanol–water partition coefficient (Wildman–Crippen LogP) is 7.43. The van der Waals surface area contributed by atoms with E-state index in [9.17, 15) is 0 Å². The molecule has 0 saturated heterocycles. The minimum absolute atomic E-state index is 0. The molecule has 0 aliphatic rings. The molecule has 176 valence electrons. The maximum Gasteiger partial charge on any atom is 0.0375 e. The largest absolute Gasteiger partial charge is 0.264 e. The highest BCUT2D eigenvalue weighted by Gasteiger charge is 1.85. The normalized spacial score (nSPS) is 8.97. The number of hydrogen-bond acceptors (Lipinski definition) is 4. The zero-order valence-corrected chi connectivity index (χ0v) is 20.7. The van der Waals surface area contributed by atoms with E-state index in [4.69, 9.17) is 0 Å². The van der Waals surface area contributed by atoms with E-state index < -0.39 is 0 Å². The van der Waals surface area contributed by atoms with Gasteiger partial charge in [-0.3, -0.25) is 19.9 Å². The minimum Gasteiger partial charge on any atom is -0.264 e. The molecule has 0 spiro atoms. The fourth-order valence-electron chi connectivity index (χ4n) is 2.48. The predicted molar refractivity (Wildman–Crippen MR) is 142 cm³/mol. The van der Waals surface area contributed by atoms with Gasteiger partial charge < -0.3 is 0 Å². The molecule has 0 saturated carbocycles. The lowest BCUT2D eigenvalue weighted by Gasteiger charge is -1.92. The van der Waals surface area contributed by atoms with Gasteiger partial charge in [-0.05, 0) is 113 Å². The first-order valence-corrected chi connectivity index (χ1v) is 10.7. The lowest BCUT2D eigenvalue weighted by molar-refractivity contribution is 1.17. The molecule has 0 N–H and O–H groups in total. The second-order valence-electron chi connectivity index (χ2n) is 7.95. The van der Waals surface area contributed by atoms with Gasteiger partial charge >= 0.3 is 0 Å². The van der Waals surface area contributed by atoms with Crippen molar-refractivity contribution in [1.29, 1.82) is 0 Å². The van der Waals surface area contributed by atoms with Crippen molar-refractivity contribution in [2.45, 2.75) is 62.8 Å². The molecule has 0 radical (unpaired) electrons. The highest BCUT2D eigenvalue weighted by atomic mass is 14.7. The third kappa shape index (κ3) is 14.3. The quantitative estimate of drug-likeness (QED) is 0.283. The van der Waals surface area contributed by atoms with E-state index in [0.29, 0.717) is 0 Å².